The zero-order valence-electron chi connectivity index (χ0n) is 31.6. The van der Waals surface area contributed by atoms with E-state index in [1.165, 1.54) is 0 Å². The van der Waals surface area contributed by atoms with Crippen molar-refractivity contribution >= 4 is 40.1 Å². The highest BCUT2D eigenvalue weighted by Gasteiger charge is 2.56. The van der Waals surface area contributed by atoms with Crippen molar-refractivity contribution in [3.05, 3.63) is 57.8 Å². The van der Waals surface area contributed by atoms with Crippen molar-refractivity contribution in [3.8, 4) is 27.3 Å². The van der Waals surface area contributed by atoms with E-state index in [0.717, 1.165) is 75.7 Å². The van der Waals surface area contributed by atoms with Crippen LogP contribution in [0.15, 0.2) is 47.5 Å². The summed E-state index contributed by atoms with van der Waals surface area (Å²) in [6, 6.07) is 13.4. The molecule has 8 atom stereocenters. The summed E-state index contributed by atoms with van der Waals surface area (Å²) < 4.78 is 0. The van der Waals surface area contributed by atoms with Crippen molar-refractivity contribution in [2.45, 2.75) is 103 Å². The summed E-state index contributed by atoms with van der Waals surface area (Å²) in [6.07, 6.45) is 7.23. The van der Waals surface area contributed by atoms with Crippen LogP contribution in [-0.2, 0) is 6.42 Å². The number of carbonyl (C=O) groups excluding carboxylic acids is 1. The van der Waals surface area contributed by atoms with E-state index in [1.807, 2.05) is 25.1 Å². The lowest BCUT2D eigenvalue weighted by molar-refractivity contribution is 0.0149. The van der Waals surface area contributed by atoms with Crippen LogP contribution in [0.2, 0.25) is 0 Å². The number of benzene rings is 1. The molecule has 3 aromatic rings. The van der Waals surface area contributed by atoms with Gasteiger partial charge < -0.3 is 36.8 Å². The molecule has 53 heavy (non-hydrogen) atoms. The number of phenols is 1. The minimum absolute atomic E-state index is 0.0867. The number of ketones is 1. The van der Waals surface area contributed by atoms with Gasteiger partial charge in [-0.2, -0.15) is 0 Å². The van der Waals surface area contributed by atoms with Gasteiger partial charge in [-0.15, -0.1) is 28.6 Å². The number of nitrogens with zero attached hydrogens (tertiary/aromatic N) is 1. The first-order valence-electron chi connectivity index (χ1n) is 19.2. The zero-order valence-corrected chi connectivity index (χ0v) is 33.2. The molecule has 8 N–H and O–H groups in total. The molecule has 9 nitrogen and oxygen atoms in total. The molecule has 1 aromatic carbocycles. The van der Waals surface area contributed by atoms with Gasteiger partial charge in [0.25, 0.3) is 0 Å². The molecule has 0 amide bonds. The molecule has 5 rings (SSSR count). The summed E-state index contributed by atoms with van der Waals surface area (Å²) in [4.78, 5) is 22.9. The lowest BCUT2D eigenvalue weighted by atomic mass is 9.58. The molecule has 2 saturated carbocycles. The molecule has 2 fully saturated rings. The third kappa shape index (κ3) is 10.2. The van der Waals surface area contributed by atoms with E-state index in [2.05, 4.69) is 46.5 Å². The van der Waals surface area contributed by atoms with E-state index >= 15 is 0 Å². The number of hydrogen-bond donors (Lipinski definition) is 7. The maximum Gasteiger partial charge on any atom is 0.188 e. The fraction of sp³-hybridized carbons (Fsp3) is 0.571. The molecule has 0 radical (unpaired) electrons. The predicted molar refractivity (Wildman–Crippen MR) is 218 cm³/mol. The number of aliphatic imine (C=N–C) groups is 1. The number of unbranched alkanes of at least 4 members (excludes halogenated alkanes) is 2. The Balaban J connectivity index is 1.48. The average molecular weight is 763 g/mol. The highest BCUT2D eigenvalue weighted by molar-refractivity contribution is 7.23. The monoisotopic (exact) mass is 762 g/mol. The number of hydrogen-bond acceptors (Lipinski definition) is 9. The van der Waals surface area contributed by atoms with Crippen LogP contribution in [0, 0.1) is 40.9 Å². The molecule has 0 aliphatic heterocycles. The SMILES string of the molecule is CC#Cc1ccc(-c2ccc(C(=O)[C@H]3CC[C@H]([C@H](Cc4cc(O)cc(NC[C@H](C)O)c4)NC(N)=NC)C[C@@]34C[C@H](CCCCC)[C@@H]([C@H](O)CO)C4)s2)s1. The average Bonchev–Trinajstić information content (AvgIpc) is 3.90. The number of aromatic hydroxyl groups is 1. The van der Waals surface area contributed by atoms with Crippen LogP contribution >= 0.6 is 22.7 Å². The summed E-state index contributed by atoms with van der Waals surface area (Å²) in [5.74, 6) is 6.78. The van der Waals surface area contributed by atoms with Crippen LogP contribution in [0.4, 0.5) is 5.69 Å². The largest absolute Gasteiger partial charge is 0.508 e. The number of nitrogens with one attached hydrogen (secondary N) is 2. The van der Waals surface area contributed by atoms with Crippen LogP contribution in [0.5, 0.6) is 5.75 Å². The first kappa shape index (κ1) is 40.8. The molecule has 288 valence electrons. The summed E-state index contributed by atoms with van der Waals surface area (Å²) in [6.45, 7) is 5.80. The second-order valence-electron chi connectivity index (χ2n) is 15.3. The number of rotatable bonds is 16. The lowest BCUT2D eigenvalue weighted by Gasteiger charge is -2.47. The third-order valence-corrected chi connectivity index (χ3v) is 13.7. The Morgan fingerprint density at radius 3 is 2.57 bits per heavy atom. The molecule has 2 aliphatic carbocycles. The van der Waals surface area contributed by atoms with Crippen molar-refractivity contribution in [1.29, 1.82) is 0 Å². The van der Waals surface area contributed by atoms with E-state index in [0.29, 0.717) is 31.8 Å². The first-order valence-corrected chi connectivity index (χ1v) is 20.8. The Labute approximate surface area is 323 Å². The molecular formula is C42H58N4O5S2. The highest BCUT2D eigenvalue weighted by atomic mass is 32.1. The van der Waals surface area contributed by atoms with Crippen molar-refractivity contribution in [2.24, 2.45) is 39.8 Å². The van der Waals surface area contributed by atoms with Gasteiger partial charge in [0.05, 0.1) is 28.6 Å². The van der Waals surface area contributed by atoms with E-state index in [-0.39, 0.29) is 53.3 Å². The van der Waals surface area contributed by atoms with Gasteiger partial charge in [0.2, 0.25) is 0 Å². The number of aliphatic hydroxyl groups excluding tert-OH is 3. The minimum atomic E-state index is -0.832. The number of carbonyl (C=O) groups is 1. The fourth-order valence-corrected chi connectivity index (χ4v) is 11.0. The van der Waals surface area contributed by atoms with Crippen LogP contribution in [0.25, 0.3) is 9.75 Å². The molecule has 0 saturated heterocycles. The number of aliphatic hydroxyl groups is 3. The number of thiophene rings is 2. The van der Waals surface area contributed by atoms with Crippen molar-refractivity contribution in [3.63, 3.8) is 0 Å². The Morgan fingerprint density at radius 1 is 1.08 bits per heavy atom. The van der Waals surface area contributed by atoms with Gasteiger partial charge in [-0.05, 0) is 118 Å². The van der Waals surface area contributed by atoms with Crippen molar-refractivity contribution < 1.29 is 25.2 Å². The second-order valence-corrected chi connectivity index (χ2v) is 17.5. The number of nitrogens with two attached hydrogens (primary N) is 1. The van der Waals surface area contributed by atoms with Gasteiger partial charge in [-0.25, -0.2) is 0 Å². The maximum atomic E-state index is 14.8. The fourth-order valence-electron chi connectivity index (χ4n) is 9.05. The summed E-state index contributed by atoms with van der Waals surface area (Å²) in [7, 11) is 1.66. The summed E-state index contributed by atoms with van der Waals surface area (Å²) in [5.41, 5.74) is 7.61. The minimum Gasteiger partial charge on any atom is -0.508 e. The third-order valence-electron chi connectivity index (χ3n) is 11.5. The zero-order chi connectivity index (χ0) is 38.1. The molecule has 2 aromatic heterocycles. The van der Waals surface area contributed by atoms with Gasteiger partial charge in [0.15, 0.2) is 11.7 Å². The predicted octanol–water partition coefficient (Wildman–Crippen LogP) is 7.04. The molecule has 11 heteroatoms. The molecular weight excluding hydrogens is 705 g/mol. The van der Waals surface area contributed by atoms with Crippen LogP contribution in [-0.4, -0.2) is 70.6 Å². The summed E-state index contributed by atoms with van der Waals surface area (Å²) >= 11 is 3.19. The number of Topliss-reactive ketones (excluding diaryl/α,β-unsaturated/α-hetero) is 1. The van der Waals surface area contributed by atoms with Gasteiger partial charge in [0, 0.05) is 47.1 Å². The van der Waals surface area contributed by atoms with Gasteiger partial charge >= 0.3 is 0 Å². The molecule has 0 unspecified atom stereocenters. The smallest absolute Gasteiger partial charge is 0.188 e. The second kappa shape index (κ2) is 18.8. The van der Waals surface area contributed by atoms with Gasteiger partial charge in [-0.1, -0.05) is 38.5 Å². The molecule has 2 heterocycles. The van der Waals surface area contributed by atoms with Crippen molar-refractivity contribution in [2.75, 3.05) is 25.5 Å². The van der Waals surface area contributed by atoms with Gasteiger partial charge in [0.1, 0.15) is 5.75 Å². The lowest BCUT2D eigenvalue weighted by Crippen LogP contribution is -2.50. The van der Waals surface area contributed by atoms with E-state index < -0.39 is 12.2 Å². The topological polar surface area (TPSA) is 160 Å². The maximum absolute atomic E-state index is 14.8. The van der Waals surface area contributed by atoms with Gasteiger partial charge in [-0.3, -0.25) is 9.79 Å². The quantitative estimate of drug-likeness (QED) is 0.0269. The Morgan fingerprint density at radius 2 is 1.85 bits per heavy atom. The van der Waals surface area contributed by atoms with Crippen LogP contribution in [0.1, 0.15) is 98.7 Å². The number of guanidine groups is 1. The van der Waals surface area contributed by atoms with Crippen LogP contribution < -0.4 is 16.4 Å². The van der Waals surface area contributed by atoms with Crippen molar-refractivity contribution in [1.82, 2.24) is 5.32 Å². The standard InChI is InChI=1S/C42H58N4O5S2/c1-5-7-8-10-28-21-42(23-33(28)36(50)25-47)22-29(35(46-41(43)44-4)19-27-17-30(20-31(49)18-27)45-24-26(3)48)11-13-34(42)40(51)39-16-15-38(53-39)37-14-12-32(52-37)9-6-2/h12,14-18,20,26,28-29,33-36,45,47-50H,5,7-8,10-11,13,19,21-25H2,1-4H3,(H3,43,44,46)/t26-,28-,29-,33-,34+,35-,36+,42+/m0/s1. The normalized spacial score (nSPS) is 24.7. The molecule has 2 aliphatic rings. The molecule has 0 bridgehead atoms. The highest BCUT2D eigenvalue weighted by Crippen LogP contribution is 2.61. The summed E-state index contributed by atoms with van der Waals surface area (Å²) in [5, 5.41) is 48.6. The Kier molecular flexibility index (Phi) is 14.4. The first-order chi connectivity index (χ1) is 25.5. The van der Waals surface area contributed by atoms with E-state index in [1.54, 1.807) is 48.8 Å². The van der Waals surface area contributed by atoms with Crippen LogP contribution in [0.3, 0.4) is 0 Å². The number of anilines is 1. The van der Waals surface area contributed by atoms with E-state index in [4.69, 9.17) is 5.73 Å². The Bertz CT molecular complexity index is 1760. The Hall–Kier alpha value is -3.40. The molecule has 1 spiro atoms. The van der Waals surface area contributed by atoms with E-state index in [9.17, 15) is 25.2 Å². The number of phenolic OH excluding ortho intramolecular Hbond substituents is 1.